The Morgan fingerprint density at radius 3 is 2.79 bits per heavy atom. The van der Waals surface area contributed by atoms with Crippen LogP contribution >= 0.6 is 0 Å². The number of hydrogen-bond acceptors (Lipinski definition) is 4. The molecule has 0 radical (unpaired) electrons. The average Bonchev–Trinajstić information content (AvgIpc) is 2.76. The molecule has 19 heavy (non-hydrogen) atoms. The summed E-state index contributed by atoms with van der Waals surface area (Å²) in [4.78, 5) is 8.55. The molecular weight excluding hydrogens is 240 g/mol. The van der Waals surface area contributed by atoms with Crippen LogP contribution in [0.2, 0.25) is 0 Å². The summed E-state index contributed by atoms with van der Waals surface area (Å²) in [6, 6.07) is 13.4. The molecule has 0 unspecified atom stereocenters. The molecule has 3 aromatic rings. The van der Waals surface area contributed by atoms with Crippen molar-refractivity contribution in [2.45, 2.75) is 6.54 Å². The number of rotatable bonds is 4. The average molecular weight is 254 g/mol. The van der Waals surface area contributed by atoms with E-state index in [1.807, 2.05) is 47.0 Å². The predicted octanol–water partition coefficient (Wildman–Crippen LogP) is 2.09. The summed E-state index contributed by atoms with van der Waals surface area (Å²) in [6.07, 6.45) is 1.73. The van der Waals surface area contributed by atoms with Crippen molar-refractivity contribution in [2.75, 3.05) is 12.3 Å². The SMILES string of the molecule is Nc1nc2cccnc2n1CCOc1ccccc1. The Hall–Kier alpha value is -2.56. The zero-order valence-electron chi connectivity index (χ0n) is 10.4. The molecule has 0 saturated carbocycles. The van der Waals surface area contributed by atoms with Gasteiger partial charge in [-0.25, -0.2) is 9.97 Å². The number of anilines is 1. The van der Waals surface area contributed by atoms with Crippen molar-refractivity contribution >= 4 is 17.1 Å². The van der Waals surface area contributed by atoms with Gasteiger partial charge in [-0.05, 0) is 24.3 Å². The summed E-state index contributed by atoms with van der Waals surface area (Å²) in [7, 11) is 0. The molecule has 5 heteroatoms. The van der Waals surface area contributed by atoms with E-state index in [0.717, 1.165) is 16.9 Å². The number of hydrogen-bond donors (Lipinski definition) is 1. The van der Waals surface area contributed by atoms with Crippen LogP contribution in [0.1, 0.15) is 0 Å². The van der Waals surface area contributed by atoms with Gasteiger partial charge in [-0.15, -0.1) is 0 Å². The summed E-state index contributed by atoms with van der Waals surface area (Å²) in [5.41, 5.74) is 7.48. The van der Waals surface area contributed by atoms with Gasteiger partial charge in [-0.2, -0.15) is 0 Å². The smallest absolute Gasteiger partial charge is 0.202 e. The number of nitrogens with zero attached hydrogens (tertiary/aromatic N) is 3. The van der Waals surface area contributed by atoms with Gasteiger partial charge >= 0.3 is 0 Å². The Balaban J connectivity index is 1.73. The van der Waals surface area contributed by atoms with E-state index < -0.39 is 0 Å². The van der Waals surface area contributed by atoms with Gasteiger partial charge in [0, 0.05) is 6.20 Å². The van der Waals surface area contributed by atoms with Crippen LogP contribution in [-0.2, 0) is 6.54 Å². The van der Waals surface area contributed by atoms with Gasteiger partial charge in [-0.1, -0.05) is 18.2 Å². The van der Waals surface area contributed by atoms with E-state index in [-0.39, 0.29) is 0 Å². The van der Waals surface area contributed by atoms with Gasteiger partial charge < -0.3 is 10.5 Å². The number of aromatic nitrogens is 3. The number of para-hydroxylation sites is 1. The van der Waals surface area contributed by atoms with E-state index in [1.54, 1.807) is 6.20 Å². The summed E-state index contributed by atoms with van der Waals surface area (Å²) < 4.78 is 7.51. The van der Waals surface area contributed by atoms with Crippen LogP contribution < -0.4 is 10.5 Å². The standard InChI is InChI=1S/C14H14N4O/c15-14-17-12-7-4-8-16-13(12)18(14)9-10-19-11-5-2-1-3-6-11/h1-8H,9-10H2,(H2,15,17). The van der Waals surface area contributed by atoms with Crippen molar-refractivity contribution < 1.29 is 4.74 Å². The molecule has 96 valence electrons. The first-order valence-corrected chi connectivity index (χ1v) is 6.09. The number of imidazole rings is 1. The quantitative estimate of drug-likeness (QED) is 0.774. The third kappa shape index (κ3) is 2.35. The number of nitrogen functional groups attached to an aromatic ring is 1. The minimum atomic E-state index is 0.463. The number of ether oxygens (including phenoxy) is 1. The lowest BCUT2D eigenvalue weighted by atomic mass is 10.3. The van der Waals surface area contributed by atoms with Crippen LogP contribution in [0.25, 0.3) is 11.2 Å². The summed E-state index contributed by atoms with van der Waals surface area (Å²) in [5, 5.41) is 0. The van der Waals surface area contributed by atoms with Crippen molar-refractivity contribution in [2.24, 2.45) is 0 Å². The molecule has 0 saturated heterocycles. The van der Waals surface area contributed by atoms with Crippen molar-refractivity contribution in [3.8, 4) is 5.75 Å². The molecule has 3 rings (SSSR count). The highest BCUT2D eigenvalue weighted by molar-refractivity contribution is 5.73. The Bertz CT molecular complexity index is 678. The first kappa shape index (κ1) is 11.5. The Morgan fingerprint density at radius 1 is 1.11 bits per heavy atom. The minimum Gasteiger partial charge on any atom is -0.492 e. The van der Waals surface area contributed by atoms with Crippen molar-refractivity contribution in [3.05, 3.63) is 48.7 Å². The zero-order chi connectivity index (χ0) is 13.1. The molecule has 2 aromatic heterocycles. The Morgan fingerprint density at radius 2 is 1.95 bits per heavy atom. The summed E-state index contributed by atoms with van der Waals surface area (Å²) in [6.45, 7) is 1.14. The molecule has 2 heterocycles. The first-order valence-electron chi connectivity index (χ1n) is 6.09. The normalized spacial score (nSPS) is 10.7. The van der Waals surface area contributed by atoms with Crippen molar-refractivity contribution in [3.63, 3.8) is 0 Å². The van der Waals surface area contributed by atoms with Gasteiger partial charge in [0.2, 0.25) is 5.95 Å². The largest absolute Gasteiger partial charge is 0.492 e. The zero-order valence-corrected chi connectivity index (χ0v) is 10.4. The van der Waals surface area contributed by atoms with E-state index in [0.29, 0.717) is 19.1 Å². The van der Waals surface area contributed by atoms with Gasteiger partial charge in [0.25, 0.3) is 0 Å². The highest BCUT2D eigenvalue weighted by Gasteiger charge is 2.08. The van der Waals surface area contributed by atoms with Crippen molar-refractivity contribution in [1.29, 1.82) is 0 Å². The van der Waals surface area contributed by atoms with E-state index >= 15 is 0 Å². The lowest BCUT2D eigenvalue weighted by Gasteiger charge is -2.08. The number of benzene rings is 1. The van der Waals surface area contributed by atoms with Gasteiger partial charge in [0.1, 0.15) is 17.9 Å². The second-order valence-electron chi connectivity index (χ2n) is 4.13. The van der Waals surface area contributed by atoms with Crippen LogP contribution in [0.5, 0.6) is 5.75 Å². The minimum absolute atomic E-state index is 0.463. The molecule has 0 amide bonds. The van der Waals surface area contributed by atoms with E-state index in [2.05, 4.69) is 9.97 Å². The van der Waals surface area contributed by atoms with Crippen LogP contribution in [0.15, 0.2) is 48.7 Å². The van der Waals surface area contributed by atoms with E-state index in [9.17, 15) is 0 Å². The summed E-state index contributed by atoms with van der Waals surface area (Å²) >= 11 is 0. The molecule has 0 spiro atoms. The topological polar surface area (TPSA) is 66.0 Å². The van der Waals surface area contributed by atoms with Crippen LogP contribution in [0.3, 0.4) is 0 Å². The lowest BCUT2D eigenvalue weighted by molar-refractivity contribution is 0.301. The third-order valence-corrected chi connectivity index (χ3v) is 2.86. The molecule has 0 aliphatic rings. The summed E-state index contributed by atoms with van der Waals surface area (Å²) in [5.74, 6) is 1.31. The monoisotopic (exact) mass is 254 g/mol. The van der Waals surface area contributed by atoms with Crippen LogP contribution in [0.4, 0.5) is 5.95 Å². The first-order chi connectivity index (χ1) is 9.34. The highest BCUT2D eigenvalue weighted by Crippen LogP contribution is 2.15. The molecular formula is C14H14N4O. The molecule has 0 bridgehead atoms. The molecule has 0 atom stereocenters. The lowest BCUT2D eigenvalue weighted by Crippen LogP contribution is -2.11. The Kier molecular flexibility index (Phi) is 3.02. The fraction of sp³-hybridized carbons (Fsp3) is 0.143. The second-order valence-corrected chi connectivity index (χ2v) is 4.13. The van der Waals surface area contributed by atoms with Crippen molar-refractivity contribution in [1.82, 2.24) is 14.5 Å². The fourth-order valence-corrected chi connectivity index (χ4v) is 1.97. The molecule has 0 aliphatic heterocycles. The highest BCUT2D eigenvalue weighted by atomic mass is 16.5. The van der Waals surface area contributed by atoms with E-state index in [4.69, 9.17) is 10.5 Å². The molecule has 0 aliphatic carbocycles. The number of pyridine rings is 1. The predicted molar refractivity (Wildman–Crippen MR) is 73.9 cm³/mol. The van der Waals surface area contributed by atoms with Crippen LogP contribution in [0, 0.1) is 0 Å². The van der Waals surface area contributed by atoms with Crippen LogP contribution in [-0.4, -0.2) is 21.1 Å². The molecule has 1 aromatic carbocycles. The maximum Gasteiger partial charge on any atom is 0.202 e. The van der Waals surface area contributed by atoms with Gasteiger partial charge in [0.15, 0.2) is 5.65 Å². The maximum absolute atomic E-state index is 5.89. The Labute approximate surface area is 110 Å². The van der Waals surface area contributed by atoms with Gasteiger partial charge in [0.05, 0.1) is 6.54 Å². The molecule has 2 N–H and O–H groups in total. The number of fused-ring (bicyclic) bond motifs is 1. The maximum atomic E-state index is 5.89. The molecule has 0 fully saturated rings. The van der Waals surface area contributed by atoms with E-state index in [1.165, 1.54) is 0 Å². The fourth-order valence-electron chi connectivity index (χ4n) is 1.97. The molecule has 5 nitrogen and oxygen atoms in total. The van der Waals surface area contributed by atoms with Gasteiger partial charge in [-0.3, -0.25) is 4.57 Å². The second kappa shape index (κ2) is 4.97. The number of nitrogens with two attached hydrogens (primary N) is 1. The third-order valence-electron chi connectivity index (χ3n) is 2.86.